The average molecular weight is 220 g/mol. The van der Waals surface area contributed by atoms with E-state index >= 15 is 0 Å². The van der Waals surface area contributed by atoms with Gasteiger partial charge in [0.1, 0.15) is 11.5 Å². The molecule has 0 saturated heterocycles. The Morgan fingerprint density at radius 1 is 1.00 bits per heavy atom. The average Bonchev–Trinajstić information content (AvgIpc) is 2.39. The van der Waals surface area contributed by atoms with E-state index in [4.69, 9.17) is 9.47 Å². The Morgan fingerprint density at radius 2 is 1.75 bits per heavy atom. The van der Waals surface area contributed by atoms with Gasteiger partial charge >= 0.3 is 0 Å². The van der Waals surface area contributed by atoms with Gasteiger partial charge in [0.25, 0.3) is 0 Å². The zero-order valence-corrected chi connectivity index (χ0v) is 10.2. The zero-order valence-electron chi connectivity index (χ0n) is 10.2. The fourth-order valence-corrected chi connectivity index (χ4v) is 2.57. The molecule has 0 amide bonds. The molecule has 1 aliphatic carbocycles. The van der Waals surface area contributed by atoms with Crippen LogP contribution in [0.1, 0.15) is 43.6 Å². The van der Waals surface area contributed by atoms with Crippen LogP contribution >= 0.6 is 0 Å². The van der Waals surface area contributed by atoms with E-state index < -0.39 is 0 Å². The summed E-state index contributed by atoms with van der Waals surface area (Å²) in [5.41, 5.74) is 1.35. The highest BCUT2D eigenvalue weighted by atomic mass is 16.5. The lowest BCUT2D eigenvalue weighted by atomic mass is 9.83. The van der Waals surface area contributed by atoms with Crippen molar-refractivity contribution in [2.24, 2.45) is 0 Å². The van der Waals surface area contributed by atoms with Crippen molar-refractivity contribution in [3.8, 4) is 11.5 Å². The summed E-state index contributed by atoms with van der Waals surface area (Å²) in [5, 5.41) is 0. The van der Waals surface area contributed by atoms with E-state index in [2.05, 4.69) is 6.07 Å². The summed E-state index contributed by atoms with van der Waals surface area (Å²) in [6, 6.07) is 6.18. The molecule has 16 heavy (non-hydrogen) atoms. The van der Waals surface area contributed by atoms with Crippen LogP contribution < -0.4 is 9.47 Å². The van der Waals surface area contributed by atoms with Gasteiger partial charge in [-0.05, 0) is 30.4 Å². The maximum absolute atomic E-state index is 5.46. The van der Waals surface area contributed by atoms with Gasteiger partial charge in [0.05, 0.1) is 14.2 Å². The SMILES string of the molecule is COc1ccc(C2CCCCC2)c(OC)c1. The standard InChI is InChI=1S/C14H20O2/c1-15-12-8-9-13(14(10-12)16-2)11-6-4-3-5-7-11/h8-11H,3-7H2,1-2H3. The first-order valence-electron chi connectivity index (χ1n) is 6.07. The highest BCUT2D eigenvalue weighted by molar-refractivity contribution is 5.42. The second-order valence-corrected chi connectivity index (χ2v) is 4.44. The molecule has 0 unspecified atom stereocenters. The highest BCUT2D eigenvalue weighted by Crippen LogP contribution is 2.38. The van der Waals surface area contributed by atoms with Gasteiger partial charge in [-0.3, -0.25) is 0 Å². The lowest BCUT2D eigenvalue weighted by Crippen LogP contribution is -2.06. The molecule has 1 aromatic rings. The van der Waals surface area contributed by atoms with E-state index in [1.165, 1.54) is 37.7 Å². The third-order valence-corrected chi connectivity index (χ3v) is 3.49. The largest absolute Gasteiger partial charge is 0.497 e. The van der Waals surface area contributed by atoms with E-state index in [0.29, 0.717) is 5.92 Å². The molecule has 1 saturated carbocycles. The Balaban J connectivity index is 2.24. The van der Waals surface area contributed by atoms with Gasteiger partial charge in [0, 0.05) is 6.07 Å². The van der Waals surface area contributed by atoms with Gasteiger partial charge in [-0.1, -0.05) is 25.3 Å². The smallest absolute Gasteiger partial charge is 0.126 e. The molecule has 0 spiro atoms. The fourth-order valence-electron chi connectivity index (χ4n) is 2.57. The molecular formula is C14H20O2. The van der Waals surface area contributed by atoms with Crippen LogP contribution in [0, 0.1) is 0 Å². The number of hydrogen-bond donors (Lipinski definition) is 0. The second-order valence-electron chi connectivity index (χ2n) is 4.44. The third kappa shape index (κ3) is 2.31. The maximum Gasteiger partial charge on any atom is 0.126 e. The van der Waals surface area contributed by atoms with Gasteiger partial charge in [0.2, 0.25) is 0 Å². The van der Waals surface area contributed by atoms with Gasteiger partial charge in [0.15, 0.2) is 0 Å². The summed E-state index contributed by atoms with van der Waals surface area (Å²) in [6.45, 7) is 0. The molecule has 0 heterocycles. The molecule has 0 bridgehead atoms. The Hall–Kier alpha value is -1.18. The summed E-state index contributed by atoms with van der Waals surface area (Å²) < 4.78 is 10.7. The van der Waals surface area contributed by atoms with Gasteiger partial charge < -0.3 is 9.47 Å². The molecule has 1 aliphatic rings. The summed E-state index contributed by atoms with van der Waals surface area (Å²) in [5.74, 6) is 2.53. The minimum atomic E-state index is 0.676. The van der Waals surface area contributed by atoms with Crippen LogP contribution in [0.2, 0.25) is 0 Å². The van der Waals surface area contributed by atoms with E-state index in [1.54, 1.807) is 14.2 Å². The second kappa shape index (κ2) is 5.24. The number of ether oxygens (including phenoxy) is 2. The van der Waals surface area contributed by atoms with Crippen molar-refractivity contribution in [2.45, 2.75) is 38.0 Å². The minimum Gasteiger partial charge on any atom is -0.497 e. The number of methoxy groups -OCH3 is 2. The Labute approximate surface area is 97.6 Å². The lowest BCUT2D eigenvalue weighted by molar-refractivity contribution is 0.376. The van der Waals surface area contributed by atoms with Crippen molar-refractivity contribution in [1.29, 1.82) is 0 Å². The van der Waals surface area contributed by atoms with Crippen LogP contribution in [-0.4, -0.2) is 14.2 Å². The highest BCUT2D eigenvalue weighted by Gasteiger charge is 2.19. The normalized spacial score (nSPS) is 17.1. The van der Waals surface area contributed by atoms with Crippen LogP contribution in [0.4, 0.5) is 0 Å². The van der Waals surface area contributed by atoms with Crippen molar-refractivity contribution >= 4 is 0 Å². The number of hydrogen-bond acceptors (Lipinski definition) is 2. The van der Waals surface area contributed by atoms with Crippen LogP contribution in [0.25, 0.3) is 0 Å². The first-order valence-corrected chi connectivity index (χ1v) is 6.07. The predicted molar refractivity (Wildman–Crippen MR) is 65.4 cm³/mol. The first kappa shape index (κ1) is 11.3. The van der Waals surface area contributed by atoms with Gasteiger partial charge in [-0.2, -0.15) is 0 Å². The van der Waals surface area contributed by atoms with Crippen molar-refractivity contribution in [2.75, 3.05) is 14.2 Å². The monoisotopic (exact) mass is 220 g/mol. The molecule has 0 aromatic heterocycles. The molecule has 1 aromatic carbocycles. The van der Waals surface area contributed by atoms with Crippen molar-refractivity contribution in [3.05, 3.63) is 23.8 Å². The van der Waals surface area contributed by atoms with Crippen molar-refractivity contribution < 1.29 is 9.47 Å². The zero-order chi connectivity index (χ0) is 11.4. The Bertz CT molecular complexity index is 341. The van der Waals surface area contributed by atoms with Gasteiger partial charge in [-0.15, -0.1) is 0 Å². The molecule has 0 radical (unpaired) electrons. The Morgan fingerprint density at radius 3 is 2.38 bits per heavy atom. The lowest BCUT2D eigenvalue weighted by Gasteiger charge is -2.24. The molecule has 2 heteroatoms. The third-order valence-electron chi connectivity index (χ3n) is 3.49. The Kier molecular flexibility index (Phi) is 3.70. The molecule has 1 fully saturated rings. The number of rotatable bonds is 3. The maximum atomic E-state index is 5.46. The van der Waals surface area contributed by atoms with Gasteiger partial charge in [-0.25, -0.2) is 0 Å². The van der Waals surface area contributed by atoms with Crippen LogP contribution in [-0.2, 0) is 0 Å². The molecule has 0 atom stereocenters. The molecule has 2 nitrogen and oxygen atoms in total. The number of benzene rings is 1. The van der Waals surface area contributed by atoms with Crippen LogP contribution in [0.3, 0.4) is 0 Å². The van der Waals surface area contributed by atoms with E-state index in [0.717, 1.165) is 11.5 Å². The first-order chi connectivity index (χ1) is 7.85. The van der Waals surface area contributed by atoms with E-state index in [1.807, 2.05) is 12.1 Å². The van der Waals surface area contributed by atoms with Crippen molar-refractivity contribution in [1.82, 2.24) is 0 Å². The van der Waals surface area contributed by atoms with Crippen LogP contribution in [0.15, 0.2) is 18.2 Å². The van der Waals surface area contributed by atoms with E-state index in [-0.39, 0.29) is 0 Å². The quantitative estimate of drug-likeness (QED) is 0.772. The molecule has 0 aliphatic heterocycles. The molecular weight excluding hydrogens is 200 g/mol. The van der Waals surface area contributed by atoms with E-state index in [9.17, 15) is 0 Å². The minimum absolute atomic E-state index is 0.676. The van der Waals surface area contributed by atoms with Crippen molar-refractivity contribution in [3.63, 3.8) is 0 Å². The van der Waals surface area contributed by atoms with Crippen LogP contribution in [0.5, 0.6) is 11.5 Å². The molecule has 88 valence electrons. The predicted octanol–water partition coefficient (Wildman–Crippen LogP) is 3.75. The molecule has 2 rings (SSSR count). The fraction of sp³-hybridized carbons (Fsp3) is 0.571. The summed E-state index contributed by atoms with van der Waals surface area (Å²) >= 11 is 0. The topological polar surface area (TPSA) is 18.5 Å². The summed E-state index contributed by atoms with van der Waals surface area (Å²) in [7, 11) is 3.43. The summed E-state index contributed by atoms with van der Waals surface area (Å²) in [4.78, 5) is 0. The summed E-state index contributed by atoms with van der Waals surface area (Å²) in [6.07, 6.45) is 6.67. The molecule has 0 N–H and O–H groups in total.